The number of rotatable bonds is 20. The van der Waals surface area contributed by atoms with Gasteiger partial charge in [-0.1, -0.05) is 117 Å². The SMILES string of the molecule is CCCCCCCCCCCCCCCCCCS(=O)(=O)N(CC)CC. The topological polar surface area (TPSA) is 37.4 Å². The fourth-order valence-electron chi connectivity index (χ4n) is 3.58. The second-order valence-electron chi connectivity index (χ2n) is 7.70. The van der Waals surface area contributed by atoms with Crippen molar-refractivity contribution in [3.8, 4) is 0 Å². The van der Waals surface area contributed by atoms with E-state index in [2.05, 4.69) is 6.92 Å². The van der Waals surface area contributed by atoms with E-state index in [9.17, 15) is 8.42 Å². The highest BCUT2D eigenvalue weighted by Crippen LogP contribution is 2.14. The van der Waals surface area contributed by atoms with Gasteiger partial charge in [-0.15, -0.1) is 0 Å². The number of hydrogen-bond donors (Lipinski definition) is 0. The van der Waals surface area contributed by atoms with Gasteiger partial charge in [0.1, 0.15) is 0 Å². The Labute approximate surface area is 165 Å². The summed E-state index contributed by atoms with van der Waals surface area (Å²) in [6, 6.07) is 0. The molecule has 0 aliphatic heterocycles. The summed E-state index contributed by atoms with van der Waals surface area (Å²) in [6.07, 6.45) is 21.1. The maximum atomic E-state index is 12.1. The van der Waals surface area contributed by atoms with Gasteiger partial charge in [0.15, 0.2) is 0 Å². The zero-order valence-corrected chi connectivity index (χ0v) is 18.9. The van der Waals surface area contributed by atoms with E-state index in [-0.39, 0.29) is 0 Å². The Kier molecular flexibility index (Phi) is 18.2. The summed E-state index contributed by atoms with van der Waals surface area (Å²) in [7, 11) is -3.01. The molecule has 3 nitrogen and oxygen atoms in total. The monoisotopic (exact) mass is 389 g/mol. The molecule has 0 atom stereocenters. The molecule has 0 saturated carbocycles. The summed E-state index contributed by atoms with van der Waals surface area (Å²) in [6.45, 7) is 7.29. The number of nitrogens with zero attached hydrogens (tertiary/aromatic N) is 1. The summed E-state index contributed by atoms with van der Waals surface area (Å²) in [5, 5.41) is 0. The van der Waals surface area contributed by atoms with E-state index >= 15 is 0 Å². The highest BCUT2D eigenvalue weighted by Gasteiger charge is 2.17. The van der Waals surface area contributed by atoms with Gasteiger partial charge in [0.2, 0.25) is 10.0 Å². The first-order valence-corrected chi connectivity index (χ1v) is 13.2. The fourth-order valence-corrected chi connectivity index (χ4v) is 5.19. The van der Waals surface area contributed by atoms with E-state index in [1.807, 2.05) is 13.8 Å². The van der Waals surface area contributed by atoms with Gasteiger partial charge < -0.3 is 0 Å². The first kappa shape index (κ1) is 25.9. The molecule has 0 aliphatic rings. The molecule has 0 rings (SSSR count). The van der Waals surface area contributed by atoms with Crippen LogP contribution in [0.4, 0.5) is 0 Å². The van der Waals surface area contributed by atoms with Gasteiger partial charge >= 0.3 is 0 Å². The van der Waals surface area contributed by atoms with E-state index < -0.39 is 10.0 Å². The molecule has 0 radical (unpaired) electrons. The maximum absolute atomic E-state index is 12.1. The van der Waals surface area contributed by atoms with Crippen LogP contribution >= 0.6 is 0 Å². The number of hydrogen-bond acceptors (Lipinski definition) is 2. The quantitative estimate of drug-likeness (QED) is 0.212. The van der Waals surface area contributed by atoms with Crippen LogP contribution in [0.25, 0.3) is 0 Å². The third-order valence-electron chi connectivity index (χ3n) is 5.35. The van der Waals surface area contributed by atoms with Crippen molar-refractivity contribution in [3.05, 3.63) is 0 Å². The molecule has 0 bridgehead atoms. The van der Waals surface area contributed by atoms with Crippen molar-refractivity contribution in [1.82, 2.24) is 4.31 Å². The Morgan fingerprint density at radius 1 is 0.500 bits per heavy atom. The molecule has 0 aliphatic carbocycles. The molecule has 0 aromatic rings. The summed E-state index contributed by atoms with van der Waals surface area (Å²) in [4.78, 5) is 0. The highest BCUT2D eigenvalue weighted by molar-refractivity contribution is 7.89. The lowest BCUT2D eigenvalue weighted by Gasteiger charge is -2.18. The normalized spacial score (nSPS) is 12.2. The Hall–Kier alpha value is -0.0900. The van der Waals surface area contributed by atoms with E-state index in [1.165, 1.54) is 89.9 Å². The summed E-state index contributed by atoms with van der Waals surface area (Å²) in [5.74, 6) is 0.327. The van der Waals surface area contributed by atoms with E-state index in [4.69, 9.17) is 0 Å². The van der Waals surface area contributed by atoms with Crippen LogP contribution in [0.2, 0.25) is 0 Å². The second kappa shape index (κ2) is 18.3. The third kappa shape index (κ3) is 15.0. The molecule has 0 amide bonds. The predicted octanol–water partition coefficient (Wildman–Crippen LogP) is 6.92. The minimum Gasteiger partial charge on any atom is -0.212 e. The summed E-state index contributed by atoms with van der Waals surface area (Å²) in [5.41, 5.74) is 0. The zero-order valence-electron chi connectivity index (χ0n) is 18.1. The van der Waals surface area contributed by atoms with Crippen LogP contribution in [0.5, 0.6) is 0 Å². The molecule has 0 N–H and O–H groups in total. The molecule has 4 heteroatoms. The lowest BCUT2D eigenvalue weighted by Crippen LogP contribution is -2.32. The van der Waals surface area contributed by atoms with Crippen LogP contribution < -0.4 is 0 Å². The van der Waals surface area contributed by atoms with Crippen LogP contribution in [0, 0.1) is 0 Å². The van der Waals surface area contributed by atoms with Crippen LogP contribution in [0.3, 0.4) is 0 Å². The average molecular weight is 390 g/mol. The maximum Gasteiger partial charge on any atom is 0.214 e. The number of unbranched alkanes of at least 4 members (excludes halogenated alkanes) is 15. The van der Waals surface area contributed by atoms with Gasteiger partial charge in [-0.3, -0.25) is 0 Å². The highest BCUT2D eigenvalue weighted by atomic mass is 32.2. The van der Waals surface area contributed by atoms with Crippen molar-refractivity contribution in [2.75, 3.05) is 18.8 Å². The van der Waals surface area contributed by atoms with E-state index in [0.717, 1.165) is 12.8 Å². The van der Waals surface area contributed by atoms with Gasteiger partial charge in [-0.05, 0) is 6.42 Å². The first-order chi connectivity index (χ1) is 12.6. The molecule has 0 spiro atoms. The molecular weight excluding hydrogens is 342 g/mol. The van der Waals surface area contributed by atoms with Crippen LogP contribution in [-0.4, -0.2) is 31.6 Å². The fraction of sp³-hybridized carbons (Fsp3) is 1.00. The van der Waals surface area contributed by atoms with Gasteiger partial charge in [0.05, 0.1) is 5.75 Å². The Bertz CT molecular complexity index is 378. The Balaban J connectivity index is 3.29. The Morgan fingerprint density at radius 3 is 1.12 bits per heavy atom. The predicted molar refractivity (Wildman–Crippen MR) is 116 cm³/mol. The van der Waals surface area contributed by atoms with Crippen LogP contribution in [0.15, 0.2) is 0 Å². The van der Waals surface area contributed by atoms with Crippen LogP contribution in [0.1, 0.15) is 124 Å². The molecule has 0 heterocycles. The smallest absolute Gasteiger partial charge is 0.212 e. The lowest BCUT2D eigenvalue weighted by atomic mass is 10.0. The molecule has 158 valence electrons. The second-order valence-corrected chi connectivity index (χ2v) is 9.79. The van der Waals surface area contributed by atoms with E-state index in [0.29, 0.717) is 18.8 Å². The van der Waals surface area contributed by atoms with Crippen molar-refractivity contribution in [2.45, 2.75) is 124 Å². The van der Waals surface area contributed by atoms with Crippen molar-refractivity contribution in [3.63, 3.8) is 0 Å². The molecule has 0 aromatic heterocycles. The van der Waals surface area contributed by atoms with Gasteiger partial charge in [0, 0.05) is 13.1 Å². The average Bonchev–Trinajstić information content (AvgIpc) is 2.62. The summed E-state index contributed by atoms with van der Waals surface area (Å²) < 4.78 is 25.7. The third-order valence-corrected chi connectivity index (χ3v) is 7.46. The molecule has 0 saturated heterocycles. The zero-order chi connectivity index (χ0) is 19.5. The molecule has 0 aromatic carbocycles. The lowest BCUT2D eigenvalue weighted by molar-refractivity contribution is 0.443. The van der Waals surface area contributed by atoms with Crippen molar-refractivity contribution in [2.24, 2.45) is 0 Å². The largest absolute Gasteiger partial charge is 0.214 e. The van der Waals surface area contributed by atoms with Crippen LogP contribution in [-0.2, 0) is 10.0 Å². The minimum absolute atomic E-state index is 0.327. The Morgan fingerprint density at radius 2 is 0.808 bits per heavy atom. The standard InChI is InChI=1S/C22H47NO2S/c1-4-7-8-9-10-11-12-13-14-15-16-17-18-19-20-21-22-26(24,25)23(5-2)6-3/h4-22H2,1-3H3. The van der Waals surface area contributed by atoms with Gasteiger partial charge in [-0.2, -0.15) is 0 Å². The summed E-state index contributed by atoms with van der Waals surface area (Å²) >= 11 is 0. The molecule has 0 fully saturated rings. The molecular formula is C22H47NO2S. The van der Waals surface area contributed by atoms with E-state index in [1.54, 1.807) is 4.31 Å². The number of sulfonamides is 1. The molecule has 0 unspecified atom stereocenters. The molecule has 26 heavy (non-hydrogen) atoms. The van der Waals surface area contributed by atoms with Crippen molar-refractivity contribution in [1.29, 1.82) is 0 Å². The first-order valence-electron chi connectivity index (χ1n) is 11.6. The van der Waals surface area contributed by atoms with Gasteiger partial charge in [0.25, 0.3) is 0 Å². The van der Waals surface area contributed by atoms with Gasteiger partial charge in [-0.25, -0.2) is 12.7 Å². The van der Waals surface area contributed by atoms with Crippen molar-refractivity contribution >= 4 is 10.0 Å². The van der Waals surface area contributed by atoms with Crippen molar-refractivity contribution < 1.29 is 8.42 Å². The minimum atomic E-state index is -3.01.